The maximum absolute atomic E-state index is 9.75. The summed E-state index contributed by atoms with van der Waals surface area (Å²) in [6, 6.07) is 10.1. The molecule has 0 spiro atoms. The maximum atomic E-state index is 9.75. The molecule has 100 valence electrons. The summed E-state index contributed by atoms with van der Waals surface area (Å²) in [4.78, 5) is 0. The first kappa shape index (κ1) is 14.9. The van der Waals surface area contributed by atoms with E-state index in [1.807, 2.05) is 30.3 Å². The van der Waals surface area contributed by atoms with Crippen molar-refractivity contribution in [1.82, 2.24) is 0 Å². The van der Waals surface area contributed by atoms with E-state index in [2.05, 4.69) is 19.9 Å². The lowest BCUT2D eigenvalue weighted by Crippen LogP contribution is -2.10. The van der Waals surface area contributed by atoms with Crippen molar-refractivity contribution >= 4 is 0 Å². The van der Waals surface area contributed by atoms with E-state index in [0.29, 0.717) is 19.6 Å². The number of aliphatic hydroxyl groups excluding tert-OH is 1. The highest BCUT2D eigenvalue weighted by Gasteiger charge is 2.02. The third-order valence-electron chi connectivity index (χ3n) is 2.76. The number of benzene rings is 1. The largest absolute Gasteiger partial charge is 0.393 e. The topological polar surface area (TPSA) is 29.5 Å². The van der Waals surface area contributed by atoms with Crippen LogP contribution in [-0.2, 0) is 11.3 Å². The summed E-state index contributed by atoms with van der Waals surface area (Å²) in [5.74, 6) is 0. The van der Waals surface area contributed by atoms with Gasteiger partial charge in [-0.25, -0.2) is 0 Å². The molecule has 18 heavy (non-hydrogen) atoms. The first-order valence-electron chi connectivity index (χ1n) is 6.61. The SMILES string of the molecule is CC(C)=CCCC(O)CCOCc1ccccc1. The minimum Gasteiger partial charge on any atom is -0.393 e. The summed E-state index contributed by atoms with van der Waals surface area (Å²) < 4.78 is 5.54. The van der Waals surface area contributed by atoms with E-state index in [0.717, 1.165) is 12.8 Å². The van der Waals surface area contributed by atoms with Crippen molar-refractivity contribution in [3.63, 3.8) is 0 Å². The average Bonchev–Trinajstić information content (AvgIpc) is 2.35. The highest BCUT2D eigenvalue weighted by Crippen LogP contribution is 2.06. The van der Waals surface area contributed by atoms with Gasteiger partial charge in [0.1, 0.15) is 0 Å². The molecule has 1 unspecified atom stereocenters. The van der Waals surface area contributed by atoms with Gasteiger partial charge >= 0.3 is 0 Å². The average molecular weight is 248 g/mol. The van der Waals surface area contributed by atoms with Crippen molar-refractivity contribution in [2.45, 2.75) is 45.8 Å². The standard InChI is InChI=1S/C16H24O2/c1-14(2)7-6-10-16(17)11-12-18-13-15-8-4-3-5-9-15/h3-5,7-9,16-17H,6,10-13H2,1-2H3. The number of allylic oxidation sites excluding steroid dienone is 2. The lowest BCUT2D eigenvalue weighted by atomic mass is 10.1. The van der Waals surface area contributed by atoms with Crippen LogP contribution in [0.1, 0.15) is 38.7 Å². The quantitative estimate of drug-likeness (QED) is 0.561. The molecule has 0 saturated heterocycles. The predicted octanol–water partition coefficient (Wildman–Crippen LogP) is 3.70. The predicted molar refractivity (Wildman–Crippen MR) is 75.4 cm³/mol. The first-order valence-corrected chi connectivity index (χ1v) is 6.61. The minimum atomic E-state index is -0.253. The summed E-state index contributed by atoms with van der Waals surface area (Å²) in [7, 11) is 0. The Morgan fingerprint density at radius 3 is 2.61 bits per heavy atom. The van der Waals surface area contributed by atoms with Gasteiger partial charge in [-0.2, -0.15) is 0 Å². The zero-order chi connectivity index (χ0) is 13.2. The summed E-state index contributed by atoms with van der Waals surface area (Å²) in [6.07, 6.45) is 4.39. The fourth-order valence-electron chi connectivity index (χ4n) is 1.69. The molecular weight excluding hydrogens is 224 g/mol. The second-order valence-corrected chi connectivity index (χ2v) is 4.84. The van der Waals surface area contributed by atoms with Crippen LogP contribution in [0.4, 0.5) is 0 Å². The zero-order valence-corrected chi connectivity index (χ0v) is 11.4. The molecule has 2 heteroatoms. The van der Waals surface area contributed by atoms with Crippen LogP contribution >= 0.6 is 0 Å². The van der Waals surface area contributed by atoms with Crippen LogP contribution in [0.15, 0.2) is 42.0 Å². The summed E-state index contributed by atoms with van der Waals surface area (Å²) >= 11 is 0. The molecule has 1 N–H and O–H groups in total. The van der Waals surface area contributed by atoms with Crippen molar-refractivity contribution in [3.05, 3.63) is 47.5 Å². The van der Waals surface area contributed by atoms with Gasteiger partial charge in [-0.05, 0) is 38.7 Å². The van der Waals surface area contributed by atoms with Gasteiger partial charge in [-0.1, -0.05) is 42.0 Å². The van der Waals surface area contributed by atoms with Gasteiger partial charge in [0.2, 0.25) is 0 Å². The molecule has 1 atom stereocenters. The van der Waals surface area contributed by atoms with Gasteiger partial charge in [0.25, 0.3) is 0 Å². The van der Waals surface area contributed by atoms with Gasteiger partial charge < -0.3 is 9.84 Å². The van der Waals surface area contributed by atoms with Crippen molar-refractivity contribution in [1.29, 1.82) is 0 Å². The maximum Gasteiger partial charge on any atom is 0.0716 e. The monoisotopic (exact) mass is 248 g/mol. The molecule has 0 heterocycles. The molecule has 1 aromatic rings. The highest BCUT2D eigenvalue weighted by molar-refractivity contribution is 5.13. The van der Waals surface area contributed by atoms with E-state index in [1.54, 1.807) is 0 Å². The van der Waals surface area contributed by atoms with Crippen LogP contribution in [0, 0.1) is 0 Å². The molecule has 0 fully saturated rings. The lowest BCUT2D eigenvalue weighted by molar-refractivity contribution is 0.0705. The molecule has 2 nitrogen and oxygen atoms in total. The van der Waals surface area contributed by atoms with Crippen LogP contribution < -0.4 is 0 Å². The Kier molecular flexibility index (Phi) is 7.38. The van der Waals surface area contributed by atoms with Crippen LogP contribution in [0.2, 0.25) is 0 Å². The molecule has 0 aliphatic rings. The van der Waals surface area contributed by atoms with E-state index in [4.69, 9.17) is 4.74 Å². The molecule has 1 aromatic carbocycles. The van der Waals surface area contributed by atoms with Crippen LogP contribution in [0.25, 0.3) is 0 Å². The van der Waals surface area contributed by atoms with Crippen molar-refractivity contribution in [2.75, 3.05) is 6.61 Å². The lowest BCUT2D eigenvalue weighted by Gasteiger charge is -2.10. The summed E-state index contributed by atoms with van der Waals surface area (Å²) in [5.41, 5.74) is 2.49. The molecule has 0 amide bonds. The molecule has 0 saturated carbocycles. The number of hydrogen-bond donors (Lipinski definition) is 1. The van der Waals surface area contributed by atoms with Crippen LogP contribution in [0.5, 0.6) is 0 Å². The number of hydrogen-bond acceptors (Lipinski definition) is 2. The van der Waals surface area contributed by atoms with E-state index >= 15 is 0 Å². The number of ether oxygens (including phenoxy) is 1. The van der Waals surface area contributed by atoms with Crippen molar-refractivity contribution in [2.24, 2.45) is 0 Å². The Morgan fingerprint density at radius 1 is 1.22 bits per heavy atom. The molecule has 0 radical (unpaired) electrons. The normalized spacial score (nSPS) is 12.2. The van der Waals surface area contributed by atoms with Crippen LogP contribution in [0.3, 0.4) is 0 Å². The molecule has 0 bridgehead atoms. The number of rotatable bonds is 8. The third-order valence-corrected chi connectivity index (χ3v) is 2.76. The van der Waals surface area contributed by atoms with Crippen LogP contribution in [-0.4, -0.2) is 17.8 Å². The third kappa shape index (κ3) is 7.25. The summed E-state index contributed by atoms with van der Waals surface area (Å²) in [6.45, 7) is 5.40. The Bertz CT molecular complexity index is 339. The molecule has 0 aliphatic heterocycles. The molecule has 1 rings (SSSR count). The zero-order valence-electron chi connectivity index (χ0n) is 11.4. The minimum absolute atomic E-state index is 0.253. The Balaban J connectivity index is 2.05. The second-order valence-electron chi connectivity index (χ2n) is 4.84. The molecule has 0 aromatic heterocycles. The molecular formula is C16H24O2. The Hall–Kier alpha value is -1.12. The second kappa shape index (κ2) is 8.90. The van der Waals surface area contributed by atoms with Gasteiger partial charge in [0.15, 0.2) is 0 Å². The van der Waals surface area contributed by atoms with E-state index in [-0.39, 0.29) is 6.10 Å². The fourth-order valence-corrected chi connectivity index (χ4v) is 1.69. The number of aliphatic hydroxyl groups is 1. The first-order chi connectivity index (χ1) is 8.68. The Morgan fingerprint density at radius 2 is 1.94 bits per heavy atom. The highest BCUT2D eigenvalue weighted by atomic mass is 16.5. The van der Waals surface area contributed by atoms with Gasteiger partial charge in [-0.3, -0.25) is 0 Å². The van der Waals surface area contributed by atoms with Gasteiger partial charge in [-0.15, -0.1) is 0 Å². The van der Waals surface area contributed by atoms with Gasteiger partial charge in [0.05, 0.1) is 12.7 Å². The smallest absolute Gasteiger partial charge is 0.0716 e. The van der Waals surface area contributed by atoms with Crippen molar-refractivity contribution in [3.8, 4) is 0 Å². The van der Waals surface area contributed by atoms with Gasteiger partial charge in [0, 0.05) is 6.61 Å². The van der Waals surface area contributed by atoms with E-state index < -0.39 is 0 Å². The van der Waals surface area contributed by atoms with Crippen molar-refractivity contribution < 1.29 is 9.84 Å². The Labute approximate surface area is 110 Å². The summed E-state index contributed by atoms with van der Waals surface area (Å²) in [5, 5.41) is 9.75. The van der Waals surface area contributed by atoms with E-state index in [1.165, 1.54) is 11.1 Å². The molecule has 0 aliphatic carbocycles. The van der Waals surface area contributed by atoms with E-state index in [9.17, 15) is 5.11 Å². The fraction of sp³-hybridized carbons (Fsp3) is 0.500.